The summed E-state index contributed by atoms with van der Waals surface area (Å²) < 4.78 is 0. The van der Waals surface area contributed by atoms with Crippen LogP contribution in [0.4, 0.5) is 0 Å². The third-order valence-electron chi connectivity index (χ3n) is 6.41. The van der Waals surface area contributed by atoms with E-state index in [1.165, 1.54) is 69.8 Å². The van der Waals surface area contributed by atoms with Crippen LogP contribution in [0.3, 0.4) is 0 Å². The molecule has 1 aliphatic carbocycles. The SMILES string of the molecule is CCCCCCC1CCC(CCc2ccc(-c3ccc(C#N)cc3)nc2)CC1. The molecule has 0 unspecified atom stereocenters. The topological polar surface area (TPSA) is 36.7 Å². The molecule has 2 heteroatoms. The Labute approximate surface area is 171 Å². The summed E-state index contributed by atoms with van der Waals surface area (Å²) in [6.07, 6.45) is 17.3. The van der Waals surface area contributed by atoms with Gasteiger partial charge in [0, 0.05) is 11.8 Å². The smallest absolute Gasteiger partial charge is 0.0991 e. The summed E-state index contributed by atoms with van der Waals surface area (Å²) in [5.74, 6) is 1.91. The second kappa shape index (κ2) is 11.0. The maximum Gasteiger partial charge on any atom is 0.0991 e. The van der Waals surface area contributed by atoms with Gasteiger partial charge in [-0.2, -0.15) is 5.26 Å². The molecule has 1 aromatic heterocycles. The first-order valence-corrected chi connectivity index (χ1v) is 11.2. The lowest BCUT2D eigenvalue weighted by molar-refractivity contribution is 0.249. The van der Waals surface area contributed by atoms with E-state index in [4.69, 9.17) is 5.26 Å². The highest BCUT2D eigenvalue weighted by atomic mass is 14.7. The number of nitriles is 1. The van der Waals surface area contributed by atoms with Crippen molar-refractivity contribution in [2.75, 3.05) is 0 Å². The summed E-state index contributed by atoms with van der Waals surface area (Å²) in [6, 6.07) is 14.1. The van der Waals surface area contributed by atoms with Gasteiger partial charge >= 0.3 is 0 Å². The van der Waals surface area contributed by atoms with Crippen molar-refractivity contribution in [3.8, 4) is 17.3 Å². The number of benzene rings is 1. The van der Waals surface area contributed by atoms with Crippen LogP contribution in [-0.2, 0) is 6.42 Å². The highest BCUT2D eigenvalue weighted by molar-refractivity contribution is 5.60. The number of aryl methyl sites for hydroxylation is 1. The second-order valence-corrected chi connectivity index (χ2v) is 8.52. The molecule has 0 spiro atoms. The molecule has 0 atom stereocenters. The number of rotatable bonds is 9. The summed E-state index contributed by atoms with van der Waals surface area (Å²) in [4.78, 5) is 4.65. The maximum atomic E-state index is 8.91. The van der Waals surface area contributed by atoms with Crippen molar-refractivity contribution in [3.05, 3.63) is 53.7 Å². The second-order valence-electron chi connectivity index (χ2n) is 8.52. The molecular weight excluding hydrogens is 340 g/mol. The van der Waals surface area contributed by atoms with Crippen LogP contribution in [0, 0.1) is 23.2 Å². The van der Waals surface area contributed by atoms with Gasteiger partial charge in [-0.1, -0.05) is 82.9 Å². The Kier molecular flexibility index (Phi) is 8.09. The molecule has 1 aliphatic rings. The average Bonchev–Trinajstić information content (AvgIpc) is 2.76. The lowest BCUT2D eigenvalue weighted by Gasteiger charge is -2.28. The van der Waals surface area contributed by atoms with Crippen LogP contribution < -0.4 is 0 Å². The normalized spacial score (nSPS) is 19.3. The van der Waals surface area contributed by atoms with E-state index >= 15 is 0 Å². The Balaban J connectivity index is 1.40. The van der Waals surface area contributed by atoms with E-state index in [0.717, 1.165) is 29.5 Å². The first kappa shape index (κ1) is 20.6. The highest BCUT2D eigenvalue weighted by Gasteiger charge is 2.20. The Morgan fingerprint density at radius 3 is 2.21 bits per heavy atom. The van der Waals surface area contributed by atoms with E-state index in [1.54, 1.807) is 0 Å². The van der Waals surface area contributed by atoms with Crippen molar-refractivity contribution in [1.82, 2.24) is 4.98 Å². The third-order valence-corrected chi connectivity index (χ3v) is 6.41. The standard InChI is InChI=1S/C26H34N2/c1-2-3-4-5-6-21-7-9-22(10-8-21)11-12-24-15-18-26(28-20-24)25-16-13-23(19-27)14-17-25/h13-18,20-22H,2-12H2,1H3. The molecule has 0 aliphatic heterocycles. The van der Waals surface area contributed by atoms with Crippen LogP contribution in [0.25, 0.3) is 11.3 Å². The van der Waals surface area contributed by atoms with Gasteiger partial charge in [0.2, 0.25) is 0 Å². The van der Waals surface area contributed by atoms with E-state index in [0.29, 0.717) is 5.56 Å². The van der Waals surface area contributed by atoms with Crippen molar-refractivity contribution >= 4 is 0 Å². The molecule has 1 fully saturated rings. The van der Waals surface area contributed by atoms with Gasteiger partial charge < -0.3 is 0 Å². The summed E-state index contributed by atoms with van der Waals surface area (Å²) in [6.45, 7) is 2.29. The molecule has 2 aromatic rings. The summed E-state index contributed by atoms with van der Waals surface area (Å²) in [5, 5.41) is 8.91. The van der Waals surface area contributed by atoms with Crippen molar-refractivity contribution in [2.45, 2.75) is 77.6 Å². The van der Waals surface area contributed by atoms with Crippen LogP contribution in [0.2, 0.25) is 0 Å². The minimum absolute atomic E-state index is 0.691. The van der Waals surface area contributed by atoms with E-state index in [-0.39, 0.29) is 0 Å². The third kappa shape index (κ3) is 6.20. The number of aromatic nitrogens is 1. The number of unbranched alkanes of at least 4 members (excludes halogenated alkanes) is 3. The molecule has 1 aromatic carbocycles. The molecular formula is C26H34N2. The molecule has 148 valence electrons. The molecule has 0 amide bonds. The van der Waals surface area contributed by atoms with Gasteiger partial charge in [-0.25, -0.2) is 0 Å². The van der Waals surface area contributed by atoms with Crippen molar-refractivity contribution < 1.29 is 0 Å². The molecule has 2 nitrogen and oxygen atoms in total. The van der Waals surface area contributed by atoms with Crippen LogP contribution in [0.15, 0.2) is 42.6 Å². The van der Waals surface area contributed by atoms with Gasteiger partial charge in [-0.3, -0.25) is 4.98 Å². The quantitative estimate of drug-likeness (QED) is 0.431. The van der Waals surface area contributed by atoms with Crippen LogP contribution in [-0.4, -0.2) is 4.98 Å². The molecule has 1 heterocycles. The zero-order valence-electron chi connectivity index (χ0n) is 17.4. The molecule has 1 saturated carbocycles. The molecule has 0 bridgehead atoms. The molecule has 0 radical (unpaired) electrons. The van der Waals surface area contributed by atoms with Gasteiger partial charge in [0.1, 0.15) is 0 Å². The van der Waals surface area contributed by atoms with Crippen LogP contribution in [0.5, 0.6) is 0 Å². The van der Waals surface area contributed by atoms with E-state index in [9.17, 15) is 0 Å². The highest BCUT2D eigenvalue weighted by Crippen LogP contribution is 2.34. The maximum absolute atomic E-state index is 8.91. The minimum atomic E-state index is 0.691. The van der Waals surface area contributed by atoms with E-state index in [2.05, 4.69) is 30.1 Å². The summed E-state index contributed by atoms with van der Waals surface area (Å²) in [7, 11) is 0. The first-order chi connectivity index (χ1) is 13.8. The largest absolute Gasteiger partial charge is 0.256 e. The fraction of sp³-hybridized carbons (Fsp3) is 0.538. The monoisotopic (exact) mass is 374 g/mol. The molecule has 28 heavy (non-hydrogen) atoms. The molecule has 3 rings (SSSR count). The van der Waals surface area contributed by atoms with Crippen molar-refractivity contribution in [3.63, 3.8) is 0 Å². The number of hydrogen-bond donors (Lipinski definition) is 0. The number of nitrogens with zero attached hydrogens (tertiary/aromatic N) is 2. The van der Waals surface area contributed by atoms with Crippen molar-refractivity contribution in [1.29, 1.82) is 5.26 Å². The minimum Gasteiger partial charge on any atom is -0.256 e. The lowest BCUT2D eigenvalue weighted by atomic mass is 9.78. The van der Waals surface area contributed by atoms with E-state index < -0.39 is 0 Å². The van der Waals surface area contributed by atoms with Crippen LogP contribution >= 0.6 is 0 Å². The fourth-order valence-electron chi connectivity index (χ4n) is 4.50. The zero-order chi connectivity index (χ0) is 19.6. The van der Waals surface area contributed by atoms with Gasteiger partial charge in [0.15, 0.2) is 0 Å². The lowest BCUT2D eigenvalue weighted by Crippen LogP contribution is -2.15. The van der Waals surface area contributed by atoms with E-state index in [1.807, 2.05) is 30.5 Å². The van der Waals surface area contributed by atoms with Gasteiger partial charge in [0.05, 0.1) is 17.3 Å². The van der Waals surface area contributed by atoms with Crippen molar-refractivity contribution in [2.24, 2.45) is 11.8 Å². The first-order valence-electron chi connectivity index (χ1n) is 11.2. The zero-order valence-corrected chi connectivity index (χ0v) is 17.4. The Hall–Kier alpha value is -2.14. The van der Waals surface area contributed by atoms with Gasteiger partial charge in [-0.05, 0) is 48.4 Å². The molecule has 0 N–H and O–H groups in total. The van der Waals surface area contributed by atoms with Gasteiger partial charge in [-0.15, -0.1) is 0 Å². The Morgan fingerprint density at radius 1 is 0.893 bits per heavy atom. The van der Waals surface area contributed by atoms with Gasteiger partial charge in [0.25, 0.3) is 0 Å². The number of pyridine rings is 1. The summed E-state index contributed by atoms with van der Waals surface area (Å²) >= 11 is 0. The molecule has 0 saturated heterocycles. The summed E-state index contributed by atoms with van der Waals surface area (Å²) in [5.41, 5.74) is 4.09. The Bertz CT molecular complexity index is 731. The fourth-order valence-corrected chi connectivity index (χ4v) is 4.50. The predicted molar refractivity (Wildman–Crippen MR) is 117 cm³/mol. The number of hydrogen-bond acceptors (Lipinski definition) is 2. The predicted octanol–water partition coefficient (Wildman–Crippen LogP) is 7.33. The Morgan fingerprint density at radius 2 is 1.61 bits per heavy atom. The average molecular weight is 375 g/mol. The van der Waals surface area contributed by atoms with Crippen LogP contribution in [0.1, 0.15) is 82.3 Å².